The number of nitrogens with one attached hydrogen (secondary N) is 1. The number of ether oxygens (including phenoxy) is 1. The van der Waals surface area contributed by atoms with Crippen molar-refractivity contribution in [2.75, 3.05) is 33.3 Å². The molecule has 29 heavy (non-hydrogen) atoms. The molecular formula is C23H29N3O3. The maximum Gasteiger partial charge on any atom is 0.236 e. The highest BCUT2D eigenvalue weighted by atomic mass is 16.5. The molecule has 0 radical (unpaired) electrons. The zero-order valence-corrected chi connectivity index (χ0v) is 17.2. The summed E-state index contributed by atoms with van der Waals surface area (Å²) in [6, 6.07) is 16.2. The van der Waals surface area contributed by atoms with Crippen LogP contribution in [0, 0.1) is 0 Å². The lowest BCUT2D eigenvalue weighted by Gasteiger charge is -2.22. The van der Waals surface area contributed by atoms with Gasteiger partial charge in [-0.15, -0.1) is 0 Å². The van der Waals surface area contributed by atoms with E-state index in [2.05, 4.69) is 23.5 Å². The predicted molar refractivity (Wildman–Crippen MR) is 113 cm³/mol. The van der Waals surface area contributed by atoms with Crippen LogP contribution < -0.4 is 10.1 Å². The van der Waals surface area contributed by atoms with Gasteiger partial charge < -0.3 is 19.9 Å². The van der Waals surface area contributed by atoms with Gasteiger partial charge >= 0.3 is 0 Å². The number of hydrogen-bond acceptors (Lipinski definition) is 4. The topological polar surface area (TPSA) is 61.9 Å². The summed E-state index contributed by atoms with van der Waals surface area (Å²) in [5, 5.41) is 2.91. The molecule has 0 unspecified atom stereocenters. The van der Waals surface area contributed by atoms with Gasteiger partial charge in [0.1, 0.15) is 12.4 Å². The monoisotopic (exact) mass is 395 g/mol. The van der Waals surface area contributed by atoms with Crippen LogP contribution in [0.5, 0.6) is 5.75 Å². The van der Waals surface area contributed by atoms with Crippen molar-refractivity contribution in [3.05, 3.63) is 65.2 Å². The molecule has 0 saturated heterocycles. The quantitative estimate of drug-likeness (QED) is 0.781. The lowest BCUT2D eigenvalue weighted by Crippen LogP contribution is -2.38. The Kier molecular flexibility index (Phi) is 7.25. The van der Waals surface area contributed by atoms with E-state index < -0.39 is 0 Å². The van der Waals surface area contributed by atoms with Crippen molar-refractivity contribution in [3.8, 4) is 5.75 Å². The lowest BCUT2D eigenvalue weighted by molar-refractivity contribution is -0.131. The molecule has 154 valence electrons. The smallest absolute Gasteiger partial charge is 0.236 e. The molecule has 0 spiro atoms. The van der Waals surface area contributed by atoms with E-state index in [0.29, 0.717) is 39.3 Å². The Hall–Kier alpha value is -2.86. The molecule has 1 N–H and O–H groups in total. The third-order valence-corrected chi connectivity index (χ3v) is 5.12. The van der Waals surface area contributed by atoms with Gasteiger partial charge in [0.2, 0.25) is 11.8 Å². The van der Waals surface area contributed by atoms with Gasteiger partial charge in [0.25, 0.3) is 0 Å². The number of rotatable bonds is 7. The number of benzene rings is 2. The molecule has 1 aliphatic heterocycles. The molecule has 3 rings (SSSR count). The van der Waals surface area contributed by atoms with Gasteiger partial charge in [0.15, 0.2) is 0 Å². The molecule has 6 nitrogen and oxygen atoms in total. The van der Waals surface area contributed by atoms with E-state index in [-0.39, 0.29) is 11.8 Å². The molecule has 1 aliphatic rings. The van der Waals surface area contributed by atoms with Gasteiger partial charge in [-0.1, -0.05) is 36.4 Å². The van der Waals surface area contributed by atoms with Crippen LogP contribution in [-0.4, -0.2) is 54.9 Å². The third kappa shape index (κ3) is 5.81. The van der Waals surface area contributed by atoms with Gasteiger partial charge in [-0.3, -0.25) is 9.59 Å². The van der Waals surface area contributed by atoms with E-state index in [1.165, 1.54) is 5.56 Å². The Morgan fingerprint density at radius 3 is 2.66 bits per heavy atom. The summed E-state index contributed by atoms with van der Waals surface area (Å²) in [7, 11) is 1.77. The Morgan fingerprint density at radius 1 is 1.14 bits per heavy atom. The summed E-state index contributed by atoms with van der Waals surface area (Å²) in [6.45, 7) is 4.70. The van der Waals surface area contributed by atoms with Gasteiger partial charge in [-0.2, -0.15) is 0 Å². The number of likely N-dealkylation sites (N-methyl/N-ethyl adjacent to an activating group) is 1. The van der Waals surface area contributed by atoms with Crippen LogP contribution >= 0.6 is 0 Å². The van der Waals surface area contributed by atoms with E-state index in [1.807, 2.05) is 40.1 Å². The maximum atomic E-state index is 12.3. The second-order valence-electron chi connectivity index (χ2n) is 7.31. The van der Waals surface area contributed by atoms with Crippen LogP contribution in [0.2, 0.25) is 0 Å². The molecule has 0 bridgehead atoms. The second kappa shape index (κ2) is 10.1. The van der Waals surface area contributed by atoms with Crippen molar-refractivity contribution < 1.29 is 14.3 Å². The average molecular weight is 396 g/mol. The summed E-state index contributed by atoms with van der Waals surface area (Å²) in [6.07, 6.45) is 0.820. The van der Waals surface area contributed by atoms with Crippen LogP contribution in [0.25, 0.3) is 0 Å². The van der Waals surface area contributed by atoms with Crippen molar-refractivity contribution in [1.29, 1.82) is 0 Å². The highest BCUT2D eigenvalue weighted by molar-refractivity contribution is 5.78. The highest BCUT2D eigenvalue weighted by Gasteiger charge is 2.20. The van der Waals surface area contributed by atoms with Crippen molar-refractivity contribution >= 4 is 11.8 Å². The van der Waals surface area contributed by atoms with Crippen molar-refractivity contribution in [2.45, 2.75) is 26.4 Å². The van der Waals surface area contributed by atoms with Crippen LogP contribution in [0.1, 0.15) is 23.6 Å². The molecule has 2 aromatic rings. The van der Waals surface area contributed by atoms with Gasteiger partial charge in [-0.25, -0.2) is 0 Å². The summed E-state index contributed by atoms with van der Waals surface area (Å²) >= 11 is 0. The van der Waals surface area contributed by atoms with Crippen molar-refractivity contribution in [1.82, 2.24) is 15.1 Å². The molecule has 0 aromatic heterocycles. The first-order valence-electron chi connectivity index (χ1n) is 10.0. The zero-order valence-electron chi connectivity index (χ0n) is 17.2. The minimum Gasteiger partial charge on any atom is -0.491 e. The Labute approximate surface area is 172 Å². The first kappa shape index (κ1) is 20.9. The molecule has 6 heteroatoms. The highest BCUT2D eigenvalue weighted by Crippen LogP contribution is 2.25. The first-order valence-corrected chi connectivity index (χ1v) is 10.0. The lowest BCUT2D eigenvalue weighted by atomic mass is 10.1. The Balaban J connectivity index is 1.70. The molecule has 0 atom stereocenters. The number of carbonyl (C=O) groups is 2. The standard InChI is InChI=1S/C23H29N3O3/c1-18(27)25(11-10-19-6-4-3-5-7-19)16-20-8-9-22-21(14-20)17-26(12-13-29-22)23(28)15-24-2/h3-9,14,24H,10-13,15-17H2,1-2H3. The summed E-state index contributed by atoms with van der Waals surface area (Å²) < 4.78 is 5.82. The summed E-state index contributed by atoms with van der Waals surface area (Å²) in [5.41, 5.74) is 3.24. The van der Waals surface area contributed by atoms with Crippen LogP contribution in [0.3, 0.4) is 0 Å². The minimum atomic E-state index is 0.0537. The third-order valence-electron chi connectivity index (χ3n) is 5.12. The molecule has 2 aromatic carbocycles. The Morgan fingerprint density at radius 2 is 1.93 bits per heavy atom. The summed E-state index contributed by atoms with van der Waals surface area (Å²) in [5.74, 6) is 0.924. The molecule has 1 heterocycles. The molecule has 2 amide bonds. The normalized spacial score (nSPS) is 13.2. The van der Waals surface area contributed by atoms with Crippen LogP contribution in [0.15, 0.2) is 48.5 Å². The maximum absolute atomic E-state index is 12.3. The van der Waals surface area contributed by atoms with Gasteiger partial charge in [0, 0.05) is 32.1 Å². The predicted octanol–water partition coefficient (Wildman–Crippen LogP) is 2.22. The van der Waals surface area contributed by atoms with Crippen molar-refractivity contribution in [3.63, 3.8) is 0 Å². The van der Waals surface area contributed by atoms with E-state index in [9.17, 15) is 9.59 Å². The van der Waals surface area contributed by atoms with Crippen LogP contribution in [0.4, 0.5) is 0 Å². The van der Waals surface area contributed by atoms with Gasteiger partial charge in [0.05, 0.1) is 13.1 Å². The fourth-order valence-corrected chi connectivity index (χ4v) is 3.50. The molecular weight excluding hydrogens is 366 g/mol. The average Bonchev–Trinajstić information content (AvgIpc) is 2.94. The summed E-state index contributed by atoms with van der Waals surface area (Å²) in [4.78, 5) is 28.1. The van der Waals surface area contributed by atoms with E-state index in [1.54, 1.807) is 14.0 Å². The Bertz CT molecular complexity index is 839. The number of hydrogen-bond donors (Lipinski definition) is 1. The molecule has 0 aliphatic carbocycles. The van der Waals surface area contributed by atoms with Crippen LogP contribution in [-0.2, 0) is 29.1 Å². The number of nitrogens with zero attached hydrogens (tertiary/aromatic N) is 2. The zero-order chi connectivity index (χ0) is 20.6. The SMILES string of the molecule is CNCC(=O)N1CCOc2ccc(CN(CCc3ccccc3)C(C)=O)cc2C1. The largest absolute Gasteiger partial charge is 0.491 e. The van der Waals surface area contributed by atoms with E-state index >= 15 is 0 Å². The number of carbonyl (C=O) groups excluding carboxylic acids is 2. The fraction of sp³-hybridized carbons (Fsp3) is 0.391. The second-order valence-corrected chi connectivity index (χ2v) is 7.31. The first-order chi connectivity index (χ1) is 14.1. The van der Waals surface area contributed by atoms with Gasteiger partial charge in [-0.05, 0) is 36.7 Å². The van der Waals surface area contributed by atoms with E-state index in [4.69, 9.17) is 4.74 Å². The number of amides is 2. The van der Waals surface area contributed by atoms with Crippen molar-refractivity contribution in [2.24, 2.45) is 0 Å². The van der Waals surface area contributed by atoms with E-state index in [0.717, 1.165) is 23.3 Å². The fourth-order valence-electron chi connectivity index (χ4n) is 3.50. The number of fused-ring (bicyclic) bond motifs is 1. The molecule has 0 fully saturated rings. The molecule has 0 saturated carbocycles. The minimum absolute atomic E-state index is 0.0537.